The maximum absolute atomic E-state index is 13.0. The molecule has 1 aliphatic heterocycles. The largest absolute Gasteiger partial charge is 0.342 e. The van der Waals surface area contributed by atoms with E-state index < -0.39 is 0 Å². The van der Waals surface area contributed by atoms with Gasteiger partial charge in [0.15, 0.2) is 0 Å². The molecule has 4 rings (SSSR count). The highest BCUT2D eigenvalue weighted by Gasteiger charge is 2.23. The third kappa shape index (κ3) is 3.30. The van der Waals surface area contributed by atoms with E-state index in [0.29, 0.717) is 5.92 Å². The number of fused-ring (bicyclic) bond motifs is 1. The summed E-state index contributed by atoms with van der Waals surface area (Å²) >= 11 is 6.04. The molecular weight excluding hydrogens is 325 g/mol. The van der Waals surface area contributed by atoms with Crippen LogP contribution in [-0.4, -0.2) is 28.0 Å². The summed E-state index contributed by atoms with van der Waals surface area (Å²) in [5.41, 5.74) is 3.14. The van der Waals surface area contributed by atoms with Gasteiger partial charge in [-0.2, -0.15) is 0 Å². The number of hydrogen-bond acceptors (Lipinski definition) is 2. The van der Waals surface area contributed by atoms with E-state index in [-0.39, 0.29) is 5.82 Å². The summed E-state index contributed by atoms with van der Waals surface area (Å²) in [6.45, 7) is 2.93. The first-order valence-corrected chi connectivity index (χ1v) is 8.67. The van der Waals surface area contributed by atoms with Crippen molar-refractivity contribution in [3.8, 4) is 0 Å². The molecule has 1 saturated heterocycles. The smallest absolute Gasteiger partial charge is 0.123 e. The van der Waals surface area contributed by atoms with Gasteiger partial charge in [-0.15, -0.1) is 0 Å². The molecule has 0 amide bonds. The van der Waals surface area contributed by atoms with Crippen LogP contribution in [0.4, 0.5) is 4.39 Å². The Balaban J connectivity index is 1.40. The maximum Gasteiger partial charge on any atom is 0.123 e. The fourth-order valence-electron chi connectivity index (χ4n) is 3.41. The molecule has 0 saturated carbocycles. The molecule has 2 heterocycles. The van der Waals surface area contributed by atoms with Gasteiger partial charge in [0, 0.05) is 17.5 Å². The van der Waals surface area contributed by atoms with Gasteiger partial charge in [-0.25, -0.2) is 9.37 Å². The summed E-state index contributed by atoms with van der Waals surface area (Å²) in [5.74, 6) is 1.34. The Morgan fingerprint density at radius 2 is 1.88 bits per heavy atom. The number of H-pyrrole nitrogens is 1. The molecule has 0 spiro atoms. The fourth-order valence-corrected chi connectivity index (χ4v) is 3.58. The third-order valence-corrected chi connectivity index (χ3v) is 4.99. The van der Waals surface area contributed by atoms with Crippen molar-refractivity contribution in [3.63, 3.8) is 0 Å². The molecule has 0 aliphatic carbocycles. The lowest BCUT2D eigenvalue weighted by atomic mass is 9.96. The molecule has 1 aromatic heterocycles. The van der Waals surface area contributed by atoms with Crippen molar-refractivity contribution in [2.45, 2.75) is 25.3 Å². The summed E-state index contributed by atoms with van der Waals surface area (Å²) in [4.78, 5) is 10.6. The van der Waals surface area contributed by atoms with E-state index in [4.69, 9.17) is 16.6 Å². The molecular formula is C19H19ClFN3. The molecule has 1 N–H and O–H groups in total. The summed E-state index contributed by atoms with van der Waals surface area (Å²) in [6, 6.07) is 12.6. The number of halogens is 2. The molecule has 24 heavy (non-hydrogen) atoms. The highest BCUT2D eigenvalue weighted by Crippen LogP contribution is 2.29. The Kier molecular flexibility index (Phi) is 4.25. The van der Waals surface area contributed by atoms with Crippen LogP contribution >= 0.6 is 11.6 Å². The third-order valence-electron chi connectivity index (χ3n) is 4.76. The number of piperidine rings is 1. The topological polar surface area (TPSA) is 31.9 Å². The lowest BCUT2D eigenvalue weighted by Gasteiger charge is -2.31. The van der Waals surface area contributed by atoms with Crippen LogP contribution in [0.2, 0.25) is 5.02 Å². The van der Waals surface area contributed by atoms with Gasteiger partial charge in [0.2, 0.25) is 0 Å². The molecule has 2 aromatic carbocycles. The summed E-state index contributed by atoms with van der Waals surface area (Å²) in [5, 5.41) is 0.729. The number of rotatable bonds is 3. The zero-order chi connectivity index (χ0) is 16.5. The molecule has 3 nitrogen and oxygen atoms in total. The molecule has 5 heteroatoms. The van der Waals surface area contributed by atoms with Gasteiger partial charge in [-0.1, -0.05) is 23.7 Å². The predicted molar refractivity (Wildman–Crippen MR) is 94.8 cm³/mol. The second-order valence-electron chi connectivity index (χ2n) is 6.46. The number of benzene rings is 2. The Morgan fingerprint density at radius 3 is 2.62 bits per heavy atom. The first kappa shape index (κ1) is 15.6. The lowest BCUT2D eigenvalue weighted by Crippen LogP contribution is -2.32. The summed E-state index contributed by atoms with van der Waals surface area (Å²) < 4.78 is 13.0. The van der Waals surface area contributed by atoms with Crippen LogP contribution in [0, 0.1) is 5.82 Å². The molecule has 0 unspecified atom stereocenters. The highest BCUT2D eigenvalue weighted by atomic mass is 35.5. The molecule has 3 aromatic rings. The quantitative estimate of drug-likeness (QED) is 0.745. The SMILES string of the molecule is Fc1ccc(CN2CCC(c3nc4ccc(Cl)cc4[nH]3)CC2)cc1. The fraction of sp³-hybridized carbons (Fsp3) is 0.316. The first-order chi connectivity index (χ1) is 11.7. The Hall–Kier alpha value is -1.91. The first-order valence-electron chi connectivity index (χ1n) is 8.29. The van der Waals surface area contributed by atoms with Gasteiger partial charge in [-0.05, 0) is 61.8 Å². The number of nitrogens with one attached hydrogen (secondary N) is 1. The Labute approximate surface area is 145 Å². The van der Waals surface area contributed by atoms with Gasteiger partial charge in [-0.3, -0.25) is 4.90 Å². The van der Waals surface area contributed by atoms with Crippen molar-refractivity contribution >= 4 is 22.6 Å². The van der Waals surface area contributed by atoms with Gasteiger partial charge in [0.25, 0.3) is 0 Å². The van der Waals surface area contributed by atoms with E-state index in [1.807, 2.05) is 30.3 Å². The monoisotopic (exact) mass is 343 g/mol. The van der Waals surface area contributed by atoms with E-state index in [0.717, 1.165) is 59.9 Å². The van der Waals surface area contributed by atoms with E-state index in [1.165, 1.54) is 12.1 Å². The number of imidazole rings is 1. The van der Waals surface area contributed by atoms with Crippen molar-refractivity contribution in [2.24, 2.45) is 0 Å². The van der Waals surface area contributed by atoms with Crippen LogP contribution < -0.4 is 0 Å². The Morgan fingerprint density at radius 1 is 1.12 bits per heavy atom. The molecule has 0 atom stereocenters. The molecule has 0 bridgehead atoms. The standard InChI is InChI=1S/C19H19ClFN3/c20-15-3-6-17-18(11-15)23-19(22-17)14-7-9-24(10-8-14)12-13-1-4-16(21)5-2-13/h1-6,11,14H,7-10,12H2,(H,22,23). The van der Waals surface area contributed by atoms with Gasteiger partial charge in [0.05, 0.1) is 11.0 Å². The minimum Gasteiger partial charge on any atom is -0.342 e. The van der Waals surface area contributed by atoms with E-state index in [9.17, 15) is 4.39 Å². The maximum atomic E-state index is 13.0. The second kappa shape index (κ2) is 6.54. The number of nitrogens with zero attached hydrogens (tertiary/aromatic N) is 2. The van der Waals surface area contributed by atoms with Crippen LogP contribution in [0.25, 0.3) is 11.0 Å². The van der Waals surface area contributed by atoms with Crippen LogP contribution in [0.15, 0.2) is 42.5 Å². The van der Waals surface area contributed by atoms with Crippen LogP contribution in [0.1, 0.15) is 30.1 Å². The van der Waals surface area contributed by atoms with Crippen LogP contribution in [-0.2, 0) is 6.54 Å². The van der Waals surface area contributed by atoms with Crippen LogP contribution in [0.3, 0.4) is 0 Å². The number of hydrogen-bond donors (Lipinski definition) is 1. The minimum absolute atomic E-state index is 0.178. The van der Waals surface area contributed by atoms with E-state index in [2.05, 4.69) is 9.88 Å². The molecule has 124 valence electrons. The van der Waals surface area contributed by atoms with E-state index in [1.54, 1.807) is 0 Å². The zero-order valence-electron chi connectivity index (χ0n) is 13.3. The van der Waals surface area contributed by atoms with Gasteiger partial charge >= 0.3 is 0 Å². The molecule has 1 fully saturated rings. The average molecular weight is 344 g/mol. The lowest BCUT2D eigenvalue weighted by molar-refractivity contribution is 0.202. The number of aromatic nitrogens is 2. The molecule has 1 aliphatic rings. The number of aromatic amines is 1. The number of likely N-dealkylation sites (tertiary alicyclic amines) is 1. The van der Waals surface area contributed by atoms with E-state index >= 15 is 0 Å². The van der Waals surface area contributed by atoms with Crippen molar-refractivity contribution in [1.29, 1.82) is 0 Å². The van der Waals surface area contributed by atoms with Crippen molar-refractivity contribution in [1.82, 2.24) is 14.9 Å². The van der Waals surface area contributed by atoms with Crippen molar-refractivity contribution < 1.29 is 4.39 Å². The predicted octanol–water partition coefficient (Wildman–Crippen LogP) is 4.74. The second-order valence-corrected chi connectivity index (χ2v) is 6.90. The highest BCUT2D eigenvalue weighted by molar-refractivity contribution is 6.31. The average Bonchev–Trinajstić information content (AvgIpc) is 3.01. The normalized spacial score (nSPS) is 16.8. The van der Waals surface area contributed by atoms with Crippen molar-refractivity contribution in [3.05, 3.63) is 64.7 Å². The molecule has 0 radical (unpaired) electrons. The summed E-state index contributed by atoms with van der Waals surface area (Å²) in [6.07, 6.45) is 2.16. The zero-order valence-corrected chi connectivity index (χ0v) is 14.1. The van der Waals surface area contributed by atoms with Gasteiger partial charge < -0.3 is 4.98 Å². The van der Waals surface area contributed by atoms with Crippen molar-refractivity contribution in [2.75, 3.05) is 13.1 Å². The Bertz CT molecular complexity index is 835. The minimum atomic E-state index is -0.178. The summed E-state index contributed by atoms with van der Waals surface area (Å²) in [7, 11) is 0. The van der Waals surface area contributed by atoms with Crippen LogP contribution in [0.5, 0.6) is 0 Å². The van der Waals surface area contributed by atoms with Gasteiger partial charge in [0.1, 0.15) is 11.6 Å².